The van der Waals surface area contributed by atoms with E-state index in [-0.39, 0.29) is 23.7 Å². The predicted octanol–water partition coefficient (Wildman–Crippen LogP) is 4.13. The second-order valence-electron chi connectivity index (χ2n) is 7.53. The molecule has 1 heterocycles. The van der Waals surface area contributed by atoms with E-state index in [0.717, 1.165) is 11.1 Å². The van der Waals surface area contributed by atoms with Crippen molar-refractivity contribution in [3.05, 3.63) is 71.3 Å². The van der Waals surface area contributed by atoms with E-state index in [4.69, 9.17) is 23.2 Å². The van der Waals surface area contributed by atoms with E-state index in [2.05, 4.69) is 0 Å². The van der Waals surface area contributed by atoms with Crippen LogP contribution in [0, 0.1) is 11.3 Å². The van der Waals surface area contributed by atoms with Crippen molar-refractivity contribution >= 4 is 34.9 Å². The molecule has 132 valence electrons. The van der Waals surface area contributed by atoms with Gasteiger partial charge in [0.15, 0.2) is 5.78 Å². The number of likely N-dealkylation sites (tertiary alicyclic amines) is 1. The summed E-state index contributed by atoms with van der Waals surface area (Å²) in [6, 6.07) is 16.6. The molecule has 2 aromatic carbocycles. The molecule has 2 fully saturated rings. The average Bonchev–Trinajstić information content (AvgIpc) is 3.14. The van der Waals surface area contributed by atoms with Gasteiger partial charge in [0.2, 0.25) is 0 Å². The summed E-state index contributed by atoms with van der Waals surface area (Å²) in [7, 11) is 0. The van der Waals surface area contributed by atoms with Crippen molar-refractivity contribution in [3.63, 3.8) is 0 Å². The molecule has 5 heteroatoms. The Morgan fingerprint density at radius 3 is 2.46 bits per heavy atom. The van der Waals surface area contributed by atoms with Crippen LogP contribution in [0.3, 0.4) is 0 Å². The molecule has 0 aromatic heterocycles. The maximum absolute atomic E-state index is 13.2. The first-order valence-corrected chi connectivity index (χ1v) is 9.59. The van der Waals surface area contributed by atoms with Crippen molar-refractivity contribution in [2.75, 3.05) is 6.54 Å². The number of halogens is 2. The third kappa shape index (κ3) is 2.02. The van der Waals surface area contributed by atoms with Crippen LogP contribution in [0.1, 0.15) is 32.7 Å². The fraction of sp³-hybridized carbons (Fsp3) is 0.333. The van der Waals surface area contributed by atoms with Gasteiger partial charge in [-0.25, -0.2) is 0 Å². The number of Topliss-reactive ketones (excluding diaryl/α,β-unsaturated/α-hetero) is 1. The highest BCUT2D eigenvalue weighted by molar-refractivity contribution is 6.52. The van der Waals surface area contributed by atoms with Crippen LogP contribution in [0.4, 0.5) is 0 Å². The third-order valence-electron chi connectivity index (χ3n) is 6.25. The Kier molecular flexibility index (Phi) is 3.35. The second-order valence-corrected chi connectivity index (χ2v) is 8.98. The van der Waals surface area contributed by atoms with Crippen molar-refractivity contribution in [3.8, 4) is 0 Å². The Bertz CT molecular complexity index is 927. The smallest absolute Gasteiger partial charge is 0.254 e. The molecule has 1 amide bonds. The van der Waals surface area contributed by atoms with Gasteiger partial charge in [0.1, 0.15) is 4.33 Å². The highest BCUT2D eigenvalue weighted by Crippen LogP contribution is 2.69. The molecule has 26 heavy (non-hydrogen) atoms. The number of amides is 1. The minimum Gasteiger partial charge on any atom is -0.332 e. The van der Waals surface area contributed by atoms with Gasteiger partial charge in [-0.1, -0.05) is 65.7 Å². The average molecular weight is 386 g/mol. The molecule has 1 aliphatic heterocycles. The molecule has 0 unspecified atom stereocenters. The second kappa shape index (κ2) is 5.34. The number of hydrogen-bond acceptors (Lipinski definition) is 2. The van der Waals surface area contributed by atoms with E-state index in [9.17, 15) is 9.59 Å². The molecule has 1 saturated heterocycles. The summed E-state index contributed by atoms with van der Waals surface area (Å²) < 4.78 is -1.07. The van der Waals surface area contributed by atoms with Crippen molar-refractivity contribution in [1.82, 2.24) is 4.90 Å². The molecule has 0 N–H and O–H groups in total. The third-order valence-corrected chi connectivity index (χ3v) is 7.16. The molecule has 5 rings (SSSR count). The Morgan fingerprint density at radius 2 is 1.73 bits per heavy atom. The maximum Gasteiger partial charge on any atom is 0.254 e. The topological polar surface area (TPSA) is 37.4 Å². The molecule has 1 saturated carbocycles. The highest BCUT2D eigenvalue weighted by Gasteiger charge is 2.78. The van der Waals surface area contributed by atoms with Crippen molar-refractivity contribution in [2.45, 2.75) is 23.2 Å². The molecule has 2 aromatic rings. The van der Waals surface area contributed by atoms with Crippen LogP contribution in [0.15, 0.2) is 54.6 Å². The monoisotopic (exact) mass is 385 g/mol. The first kappa shape index (κ1) is 16.3. The van der Waals surface area contributed by atoms with Crippen LogP contribution in [0.2, 0.25) is 0 Å². The van der Waals surface area contributed by atoms with Crippen molar-refractivity contribution in [2.24, 2.45) is 11.3 Å². The largest absolute Gasteiger partial charge is 0.332 e. The summed E-state index contributed by atoms with van der Waals surface area (Å²) in [4.78, 5) is 27.9. The first-order chi connectivity index (χ1) is 12.5. The van der Waals surface area contributed by atoms with Gasteiger partial charge in [0.25, 0.3) is 5.91 Å². The van der Waals surface area contributed by atoms with Crippen molar-refractivity contribution in [1.29, 1.82) is 0 Å². The Morgan fingerprint density at radius 1 is 1.04 bits per heavy atom. The molecule has 3 aliphatic rings. The highest BCUT2D eigenvalue weighted by atomic mass is 35.5. The Balaban J connectivity index is 1.50. The summed E-state index contributed by atoms with van der Waals surface area (Å²) in [5.41, 5.74) is 1.89. The van der Waals surface area contributed by atoms with Gasteiger partial charge in [0, 0.05) is 29.0 Å². The zero-order valence-electron chi connectivity index (χ0n) is 14.0. The maximum atomic E-state index is 13.2. The molecule has 1 spiro atoms. The van der Waals surface area contributed by atoms with Gasteiger partial charge >= 0.3 is 0 Å². The van der Waals surface area contributed by atoms with E-state index in [1.807, 2.05) is 42.5 Å². The lowest BCUT2D eigenvalue weighted by atomic mass is 9.73. The van der Waals surface area contributed by atoms with Crippen LogP contribution in [0.5, 0.6) is 0 Å². The minimum atomic E-state index is -1.07. The van der Waals surface area contributed by atoms with Crippen LogP contribution < -0.4 is 0 Å². The van der Waals surface area contributed by atoms with E-state index in [1.165, 1.54) is 0 Å². The zero-order valence-corrected chi connectivity index (χ0v) is 15.5. The van der Waals surface area contributed by atoms with Gasteiger partial charge < -0.3 is 4.90 Å². The van der Waals surface area contributed by atoms with Gasteiger partial charge in [-0.3, -0.25) is 9.59 Å². The van der Waals surface area contributed by atoms with Crippen LogP contribution in [-0.2, 0) is 6.42 Å². The fourth-order valence-corrected chi connectivity index (χ4v) is 6.01. The summed E-state index contributed by atoms with van der Waals surface area (Å²) in [5.74, 6) is -0.153. The number of hydrogen-bond donors (Lipinski definition) is 0. The molecular weight excluding hydrogens is 369 g/mol. The Hall–Kier alpha value is -1.84. The molecule has 3 nitrogen and oxygen atoms in total. The molecule has 3 atom stereocenters. The number of piperidine rings is 1. The van der Waals surface area contributed by atoms with Gasteiger partial charge in [-0.2, -0.15) is 0 Å². The number of carbonyl (C=O) groups excluding carboxylic acids is 2. The number of alkyl halides is 2. The number of nitrogens with zero attached hydrogens (tertiary/aromatic N) is 1. The fourth-order valence-electron chi connectivity index (χ4n) is 5.00. The minimum absolute atomic E-state index is 0.0680. The molecule has 0 radical (unpaired) electrons. The number of benzene rings is 2. The van der Waals surface area contributed by atoms with Gasteiger partial charge in [0.05, 0.1) is 6.04 Å². The first-order valence-electron chi connectivity index (χ1n) is 8.83. The van der Waals surface area contributed by atoms with Crippen LogP contribution in [0.25, 0.3) is 0 Å². The lowest BCUT2D eigenvalue weighted by Gasteiger charge is -2.37. The van der Waals surface area contributed by atoms with Crippen molar-refractivity contribution < 1.29 is 9.59 Å². The summed E-state index contributed by atoms with van der Waals surface area (Å²) >= 11 is 13.3. The quantitative estimate of drug-likeness (QED) is 0.692. The lowest BCUT2D eigenvalue weighted by molar-refractivity contribution is 0.0493. The standard InChI is InChI=1S/C21H17Cl2NO2/c22-21(23)16-17(21)24(19(26)13-6-2-1-3-7-13)11-10-20(16)12-14-8-4-5-9-15(14)18(20)25/h1-9,16-17H,10-12H2/t16-,17-,20-/m0/s1. The van der Waals surface area contributed by atoms with Gasteiger partial charge in [-0.15, -0.1) is 0 Å². The van der Waals surface area contributed by atoms with E-state index in [0.29, 0.717) is 24.9 Å². The number of fused-ring (bicyclic) bond motifs is 3. The van der Waals surface area contributed by atoms with E-state index in [1.54, 1.807) is 17.0 Å². The van der Waals surface area contributed by atoms with E-state index < -0.39 is 9.75 Å². The molecule has 2 aliphatic carbocycles. The SMILES string of the molecule is O=C(c1ccccc1)N1CC[C@]2(Cc3ccccc3C2=O)[C@@H]2[C@H]1C2(Cl)Cl. The summed E-state index contributed by atoms with van der Waals surface area (Å²) in [5, 5.41) is 0. The van der Waals surface area contributed by atoms with Crippen LogP contribution in [-0.4, -0.2) is 33.5 Å². The predicted molar refractivity (Wildman–Crippen MR) is 101 cm³/mol. The normalized spacial score (nSPS) is 30.8. The van der Waals surface area contributed by atoms with Gasteiger partial charge in [-0.05, 0) is 30.5 Å². The van der Waals surface area contributed by atoms with Crippen LogP contribution >= 0.6 is 23.2 Å². The van der Waals surface area contributed by atoms with E-state index >= 15 is 0 Å². The zero-order chi connectivity index (χ0) is 18.1. The molecule has 0 bridgehead atoms. The number of ketones is 1. The summed E-state index contributed by atoms with van der Waals surface area (Å²) in [6.07, 6.45) is 1.26. The Labute approximate surface area is 161 Å². The number of carbonyl (C=O) groups is 2. The number of rotatable bonds is 1. The summed E-state index contributed by atoms with van der Waals surface area (Å²) in [6.45, 7) is 0.496. The molecular formula is C21H17Cl2NO2. The lowest BCUT2D eigenvalue weighted by Crippen LogP contribution is -2.47.